The summed E-state index contributed by atoms with van der Waals surface area (Å²) < 4.78 is 4.76. The van der Waals surface area contributed by atoms with Crippen molar-refractivity contribution in [3.8, 4) is 0 Å². The molecular weight excluding hydrogens is 396 g/mol. The number of H-pyrrole nitrogens is 1. The summed E-state index contributed by atoms with van der Waals surface area (Å²) in [6.07, 6.45) is 0.729. The van der Waals surface area contributed by atoms with Gasteiger partial charge in [-0.3, -0.25) is 9.59 Å². The number of aromatic nitrogens is 1. The van der Waals surface area contributed by atoms with Crippen LogP contribution < -0.4 is 5.32 Å². The lowest BCUT2D eigenvalue weighted by Gasteiger charge is -2.21. The maximum absolute atomic E-state index is 12.9. The largest absolute Gasteiger partial charge is 0.468 e. The van der Waals surface area contributed by atoms with E-state index in [-0.39, 0.29) is 28.9 Å². The molecule has 1 amide bonds. The molecule has 2 atom stereocenters. The summed E-state index contributed by atoms with van der Waals surface area (Å²) in [4.78, 5) is 27.6. The van der Waals surface area contributed by atoms with Gasteiger partial charge in [-0.25, -0.2) is 0 Å². The van der Waals surface area contributed by atoms with Crippen LogP contribution in [0.2, 0.25) is 5.02 Å². The molecule has 0 saturated carbocycles. The van der Waals surface area contributed by atoms with E-state index in [1.54, 1.807) is 12.1 Å². The lowest BCUT2D eigenvalue weighted by molar-refractivity contribution is -0.137. The first-order valence-electron chi connectivity index (χ1n) is 8.90. The highest BCUT2D eigenvalue weighted by atomic mass is 35.5. The molecule has 5 nitrogen and oxygen atoms in total. The number of ether oxygens (including phenoxy) is 1. The number of hydrogen-bond acceptors (Lipinski definition) is 4. The molecular formula is C21H19ClN2O3S. The maximum Gasteiger partial charge on any atom is 0.315 e. The number of hydrogen-bond donors (Lipinski definition) is 2. The maximum atomic E-state index is 12.9. The van der Waals surface area contributed by atoms with Gasteiger partial charge in [-0.1, -0.05) is 35.9 Å². The summed E-state index contributed by atoms with van der Waals surface area (Å²) in [6.45, 7) is 0. The number of benzene rings is 2. The zero-order valence-corrected chi connectivity index (χ0v) is 16.8. The zero-order valence-electron chi connectivity index (χ0n) is 15.2. The SMILES string of the molecule is COC(=O)CS[C@@H]1c2ccccc2C[C@H]1NC(=O)c1cc2cc(Cl)ccc2[nH]1. The third-order valence-electron chi connectivity index (χ3n) is 4.92. The van der Waals surface area contributed by atoms with Crippen LogP contribution in [0, 0.1) is 0 Å². The Morgan fingerprint density at radius 2 is 2.07 bits per heavy atom. The molecule has 144 valence electrons. The van der Waals surface area contributed by atoms with Crippen molar-refractivity contribution in [1.29, 1.82) is 0 Å². The number of rotatable bonds is 5. The fourth-order valence-electron chi connectivity index (χ4n) is 3.58. The molecule has 0 aliphatic heterocycles. The fraction of sp³-hybridized carbons (Fsp3) is 0.238. The number of halogens is 1. The van der Waals surface area contributed by atoms with Gasteiger partial charge in [0.1, 0.15) is 5.69 Å². The Hall–Kier alpha value is -2.44. The molecule has 0 spiro atoms. The van der Waals surface area contributed by atoms with E-state index in [4.69, 9.17) is 16.3 Å². The van der Waals surface area contributed by atoms with E-state index in [9.17, 15) is 9.59 Å². The van der Waals surface area contributed by atoms with Gasteiger partial charge in [0.05, 0.1) is 18.1 Å². The molecule has 4 rings (SSSR count). The lowest BCUT2D eigenvalue weighted by atomic mass is 10.1. The van der Waals surface area contributed by atoms with Gasteiger partial charge in [0.2, 0.25) is 0 Å². The molecule has 3 aromatic rings. The molecule has 1 aromatic heterocycles. The Kier molecular flexibility index (Phi) is 5.33. The Balaban J connectivity index is 1.54. The van der Waals surface area contributed by atoms with Crippen LogP contribution in [0.5, 0.6) is 0 Å². The number of methoxy groups -OCH3 is 1. The van der Waals surface area contributed by atoms with E-state index in [0.717, 1.165) is 22.9 Å². The number of fused-ring (bicyclic) bond motifs is 2. The first-order chi connectivity index (χ1) is 13.5. The Labute approximate surface area is 171 Å². The molecule has 28 heavy (non-hydrogen) atoms. The van der Waals surface area contributed by atoms with Crippen LogP contribution in [0.25, 0.3) is 10.9 Å². The average Bonchev–Trinajstić information content (AvgIpc) is 3.26. The second-order valence-corrected chi connectivity index (χ2v) is 8.27. The highest BCUT2D eigenvalue weighted by molar-refractivity contribution is 8.00. The second kappa shape index (κ2) is 7.89. The highest BCUT2D eigenvalue weighted by Gasteiger charge is 2.34. The number of esters is 1. The zero-order chi connectivity index (χ0) is 19.7. The molecule has 0 bridgehead atoms. The second-order valence-electron chi connectivity index (χ2n) is 6.71. The average molecular weight is 415 g/mol. The van der Waals surface area contributed by atoms with Gasteiger partial charge in [0.25, 0.3) is 5.91 Å². The number of thioether (sulfide) groups is 1. The van der Waals surface area contributed by atoms with E-state index < -0.39 is 0 Å². The van der Waals surface area contributed by atoms with Crippen molar-refractivity contribution in [3.63, 3.8) is 0 Å². The van der Waals surface area contributed by atoms with Crippen LogP contribution in [-0.4, -0.2) is 35.8 Å². The van der Waals surface area contributed by atoms with Gasteiger partial charge < -0.3 is 15.0 Å². The van der Waals surface area contributed by atoms with Crippen molar-refractivity contribution < 1.29 is 14.3 Å². The van der Waals surface area contributed by atoms with Gasteiger partial charge in [-0.2, -0.15) is 0 Å². The molecule has 2 N–H and O–H groups in total. The van der Waals surface area contributed by atoms with Crippen LogP contribution in [0.1, 0.15) is 26.9 Å². The fourth-order valence-corrected chi connectivity index (χ4v) is 5.00. The van der Waals surface area contributed by atoms with E-state index in [0.29, 0.717) is 10.7 Å². The van der Waals surface area contributed by atoms with Gasteiger partial charge in [-0.15, -0.1) is 11.8 Å². The van der Waals surface area contributed by atoms with Crippen LogP contribution in [0.15, 0.2) is 48.5 Å². The summed E-state index contributed by atoms with van der Waals surface area (Å²) in [5.41, 5.74) is 3.70. The molecule has 7 heteroatoms. The van der Waals surface area contributed by atoms with Crippen molar-refractivity contribution in [1.82, 2.24) is 10.3 Å². The Bertz CT molecular complexity index is 1050. The first-order valence-corrected chi connectivity index (χ1v) is 10.3. The van der Waals surface area contributed by atoms with Crippen LogP contribution in [0.4, 0.5) is 0 Å². The van der Waals surface area contributed by atoms with Crippen molar-refractivity contribution in [2.24, 2.45) is 0 Å². The van der Waals surface area contributed by atoms with Gasteiger partial charge >= 0.3 is 5.97 Å². The number of aromatic amines is 1. The van der Waals surface area contributed by atoms with Gasteiger partial charge in [0, 0.05) is 22.0 Å². The van der Waals surface area contributed by atoms with Crippen molar-refractivity contribution >= 4 is 46.1 Å². The molecule has 1 aliphatic rings. The normalized spacial score (nSPS) is 18.1. The molecule has 0 radical (unpaired) electrons. The highest BCUT2D eigenvalue weighted by Crippen LogP contribution is 2.41. The van der Waals surface area contributed by atoms with Gasteiger partial charge in [0.15, 0.2) is 0 Å². The molecule has 0 fully saturated rings. The smallest absolute Gasteiger partial charge is 0.315 e. The minimum atomic E-state index is -0.271. The van der Waals surface area contributed by atoms with E-state index in [2.05, 4.69) is 22.4 Å². The Morgan fingerprint density at radius 1 is 1.25 bits per heavy atom. The predicted octanol–water partition coefficient (Wildman–Crippen LogP) is 4.12. The minimum Gasteiger partial charge on any atom is -0.468 e. The van der Waals surface area contributed by atoms with Crippen LogP contribution >= 0.6 is 23.4 Å². The quantitative estimate of drug-likeness (QED) is 0.616. The first kappa shape index (κ1) is 18.9. The number of nitrogens with one attached hydrogen (secondary N) is 2. The number of carbonyl (C=O) groups excluding carboxylic acids is 2. The lowest BCUT2D eigenvalue weighted by Crippen LogP contribution is -2.37. The summed E-state index contributed by atoms with van der Waals surface area (Å²) in [5, 5.41) is 4.65. The van der Waals surface area contributed by atoms with Crippen molar-refractivity contribution in [3.05, 3.63) is 70.4 Å². The molecule has 0 unspecified atom stereocenters. The number of carbonyl (C=O) groups is 2. The summed E-state index contributed by atoms with van der Waals surface area (Å²) in [7, 11) is 1.38. The molecule has 1 heterocycles. The topological polar surface area (TPSA) is 71.2 Å². The molecule has 1 aliphatic carbocycles. The van der Waals surface area contributed by atoms with Crippen molar-refractivity contribution in [2.45, 2.75) is 17.7 Å². The summed E-state index contributed by atoms with van der Waals surface area (Å²) >= 11 is 7.53. The third-order valence-corrected chi connectivity index (χ3v) is 6.50. The van der Waals surface area contributed by atoms with Gasteiger partial charge in [-0.05, 0) is 41.8 Å². The van der Waals surface area contributed by atoms with E-state index in [1.165, 1.54) is 24.4 Å². The summed E-state index contributed by atoms with van der Waals surface area (Å²) in [5.74, 6) is -0.201. The van der Waals surface area contributed by atoms with E-state index in [1.807, 2.05) is 24.3 Å². The summed E-state index contributed by atoms with van der Waals surface area (Å²) in [6, 6.07) is 15.3. The van der Waals surface area contributed by atoms with Crippen LogP contribution in [0.3, 0.4) is 0 Å². The Morgan fingerprint density at radius 3 is 2.89 bits per heavy atom. The van der Waals surface area contributed by atoms with E-state index >= 15 is 0 Å². The minimum absolute atomic E-state index is 0.00178. The number of amides is 1. The third kappa shape index (κ3) is 3.75. The molecule has 2 aromatic carbocycles. The standard InChI is InChI=1S/C21H19ClN2O3S/c1-27-19(25)11-28-20-15-5-3-2-4-12(15)9-17(20)24-21(26)18-10-13-8-14(22)6-7-16(13)23-18/h2-8,10,17,20,23H,9,11H2,1H3,(H,24,26)/t17-,20-/m1/s1. The monoisotopic (exact) mass is 414 g/mol. The molecule has 0 saturated heterocycles. The van der Waals surface area contributed by atoms with Crippen molar-refractivity contribution in [2.75, 3.05) is 12.9 Å². The predicted molar refractivity (Wildman–Crippen MR) is 112 cm³/mol. The van der Waals surface area contributed by atoms with Crippen LogP contribution in [-0.2, 0) is 16.0 Å².